The first-order valence-electron chi connectivity index (χ1n) is 10.8. The maximum atomic E-state index is 13.2. The Hall–Kier alpha value is -4.07. The van der Waals surface area contributed by atoms with Gasteiger partial charge in [0.1, 0.15) is 11.5 Å². The van der Waals surface area contributed by atoms with E-state index >= 15 is 0 Å². The largest absolute Gasteiger partial charge is 0.497 e. The van der Waals surface area contributed by atoms with E-state index in [0.29, 0.717) is 23.6 Å². The molecule has 1 N–H and O–H groups in total. The number of nitrogens with one attached hydrogen (secondary N) is 1. The average molecular weight is 445 g/mol. The SMILES string of the molecule is COc1ccc2c(c1)O[C@H]1[C@H](CCN1C(=O)c1ccccc1)[C@@H]2Nc1ccc([N+](=O)[O-])cc1. The number of nitrogens with zero attached hydrogens (tertiary/aromatic N) is 2. The number of anilines is 1. The monoisotopic (exact) mass is 445 g/mol. The van der Waals surface area contributed by atoms with Gasteiger partial charge in [-0.1, -0.05) is 18.2 Å². The molecule has 8 heteroatoms. The molecule has 0 unspecified atom stereocenters. The maximum absolute atomic E-state index is 13.2. The van der Waals surface area contributed by atoms with Crippen LogP contribution in [0.2, 0.25) is 0 Å². The molecule has 5 rings (SSSR count). The van der Waals surface area contributed by atoms with Gasteiger partial charge in [0.15, 0.2) is 6.23 Å². The number of amides is 1. The summed E-state index contributed by atoms with van der Waals surface area (Å²) in [7, 11) is 1.60. The Morgan fingerprint density at radius 3 is 2.58 bits per heavy atom. The normalized spacial score (nSPS) is 20.9. The number of nitro benzene ring substituents is 1. The number of nitro groups is 1. The Labute approximate surface area is 190 Å². The molecule has 3 aromatic carbocycles. The predicted molar refractivity (Wildman–Crippen MR) is 122 cm³/mol. The molecule has 1 saturated heterocycles. The fourth-order valence-electron chi connectivity index (χ4n) is 4.64. The number of hydrogen-bond donors (Lipinski definition) is 1. The summed E-state index contributed by atoms with van der Waals surface area (Å²) >= 11 is 0. The van der Waals surface area contributed by atoms with Crippen molar-refractivity contribution in [2.45, 2.75) is 18.7 Å². The van der Waals surface area contributed by atoms with Gasteiger partial charge in [-0.05, 0) is 42.8 Å². The van der Waals surface area contributed by atoms with Crippen molar-refractivity contribution in [2.24, 2.45) is 5.92 Å². The zero-order valence-corrected chi connectivity index (χ0v) is 18.0. The highest BCUT2D eigenvalue weighted by Gasteiger charge is 2.47. The number of benzene rings is 3. The van der Waals surface area contributed by atoms with Crippen molar-refractivity contribution in [2.75, 3.05) is 19.0 Å². The number of carbonyl (C=O) groups is 1. The van der Waals surface area contributed by atoms with Gasteiger partial charge in [0.2, 0.25) is 0 Å². The van der Waals surface area contributed by atoms with Crippen molar-refractivity contribution in [3.05, 3.63) is 94.0 Å². The minimum Gasteiger partial charge on any atom is -0.497 e. The zero-order chi connectivity index (χ0) is 22.9. The average Bonchev–Trinajstić information content (AvgIpc) is 3.27. The molecule has 0 aromatic heterocycles. The van der Waals surface area contributed by atoms with Crippen LogP contribution in [0, 0.1) is 16.0 Å². The first-order valence-corrected chi connectivity index (χ1v) is 10.8. The van der Waals surface area contributed by atoms with Gasteiger partial charge in [0.25, 0.3) is 11.6 Å². The Balaban J connectivity index is 1.49. The van der Waals surface area contributed by atoms with Gasteiger partial charge in [0, 0.05) is 47.5 Å². The Kier molecular flexibility index (Phi) is 5.34. The molecule has 33 heavy (non-hydrogen) atoms. The summed E-state index contributed by atoms with van der Waals surface area (Å²) in [5.74, 6) is 1.26. The van der Waals surface area contributed by atoms with Gasteiger partial charge in [-0.25, -0.2) is 0 Å². The van der Waals surface area contributed by atoms with E-state index in [1.807, 2.05) is 48.5 Å². The van der Waals surface area contributed by atoms with Crippen LogP contribution in [0.25, 0.3) is 0 Å². The highest BCUT2D eigenvalue weighted by Crippen LogP contribution is 2.47. The van der Waals surface area contributed by atoms with E-state index in [1.165, 1.54) is 12.1 Å². The number of methoxy groups -OCH3 is 1. The minimum atomic E-state index is -0.437. The zero-order valence-electron chi connectivity index (χ0n) is 18.0. The van der Waals surface area contributed by atoms with Gasteiger partial charge in [-0.3, -0.25) is 14.9 Å². The van der Waals surface area contributed by atoms with Crippen LogP contribution in [0.1, 0.15) is 28.4 Å². The molecule has 0 bridgehead atoms. The second kappa shape index (κ2) is 8.46. The van der Waals surface area contributed by atoms with Crippen molar-refractivity contribution in [3.63, 3.8) is 0 Å². The van der Waals surface area contributed by atoms with E-state index in [1.54, 1.807) is 24.1 Å². The maximum Gasteiger partial charge on any atom is 0.269 e. The number of carbonyl (C=O) groups excluding carboxylic acids is 1. The third kappa shape index (κ3) is 3.84. The second-order valence-electron chi connectivity index (χ2n) is 8.16. The quantitative estimate of drug-likeness (QED) is 0.454. The van der Waals surface area contributed by atoms with Crippen molar-refractivity contribution in [3.8, 4) is 11.5 Å². The van der Waals surface area contributed by atoms with Crippen LogP contribution in [0.4, 0.5) is 11.4 Å². The molecule has 2 aliphatic heterocycles. The summed E-state index contributed by atoms with van der Waals surface area (Å²) in [6.07, 6.45) is 0.326. The van der Waals surface area contributed by atoms with E-state index in [0.717, 1.165) is 17.7 Å². The third-order valence-corrected chi connectivity index (χ3v) is 6.29. The van der Waals surface area contributed by atoms with Crippen LogP contribution in [0.5, 0.6) is 11.5 Å². The fourth-order valence-corrected chi connectivity index (χ4v) is 4.64. The number of hydrogen-bond acceptors (Lipinski definition) is 6. The van der Waals surface area contributed by atoms with Crippen LogP contribution in [0.15, 0.2) is 72.8 Å². The summed E-state index contributed by atoms with van der Waals surface area (Å²) < 4.78 is 11.7. The molecule has 1 amide bonds. The lowest BCUT2D eigenvalue weighted by Gasteiger charge is -2.39. The molecule has 168 valence electrons. The third-order valence-electron chi connectivity index (χ3n) is 6.29. The fraction of sp³-hybridized carbons (Fsp3) is 0.240. The molecule has 0 saturated carbocycles. The van der Waals surface area contributed by atoms with Gasteiger partial charge < -0.3 is 19.7 Å². The first kappa shape index (κ1) is 20.8. The molecular weight excluding hydrogens is 422 g/mol. The Morgan fingerprint density at radius 2 is 1.88 bits per heavy atom. The van der Waals surface area contributed by atoms with Gasteiger partial charge in [-0.2, -0.15) is 0 Å². The van der Waals surface area contributed by atoms with Gasteiger partial charge in [0.05, 0.1) is 18.1 Å². The smallest absolute Gasteiger partial charge is 0.269 e. The summed E-state index contributed by atoms with van der Waals surface area (Å²) in [4.78, 5) is 25.6. The van der Waals surface area contributed by atoms with Crippen LogP contribution >= 0.6 is 0 Å². The van der Waals surface area contributed by atoms with E-state index in [9.17, 15) is 14.9 Å². The number of ether oxygens (including phenoxy) is 2. The van der Waals surface area contributed by atoms with Crippen LogP contribution in [-0.2, 0) is 0 Å². The molecular formula is C25H23N3O5. The highest BCUT2D eigenvalue weighted by atomic mass is 16.6. The van der Waals surface area contributed by atoms with Crippen molar-refractivity contribution in [1.82, 2.24) is 4.90 Å². The summed E-state index contributed by atoms with van der Waals surface area (Å²) in [5.41, 5.74) is 2.39. The van der Waals surface area contributed by atoms with Gasteiger partial charge in [-0.15, -0.1) is 0 Å². The Morgan fingerprint density at radius 1 is 1.12 bits per heavy atom. The summed E-state index contributed by atoms with van der Waals surface area (Å²) in [6, 6.07) is 21.1. The summed E-state index contributed by atoms with van der Waals surface area (Å²) in [5, 5.41) is 14.5. The molecule has 0 spiro atoms. The lowest BCUT2D eigenvalue weighted by Crippen LogP contribution is -2.46. The molecule has 0 aliphatic carbocycles. The van der Waals surface area contributed by atoms with E-state index in [2.05, 4.69) is 5.32 Å². The minimum absolute atomic E-state index is 0.00810. The molecule has 3 atom stereocenters. The van der Waals surface area contributed by atoms with E-state index in [-0.39, 0.29) is 23.6 Å². The molecule has 8 nitrogen and oxygen atoms in total. The molecule has 0 radical (unpaired) electrons. The topological polar surface area (TPSA) is 93.9 Å². The number of non-ortho nitro benzene ring substituents is 1. The van der Waals surface area contributed by atoms with Crippen LogP contribution in [0.3, 0.4) is 0 Å². The van der Waals surface area contributed by atoms with E-state index < -0.39 is 11.2 Å². The molecule has 3 aromatic rings. The standard InChI is InChI=1S/C25H23N3O5/c1-32-19-11-12-20-22(15-19)33-25-21(13-14-27(25)24(29)16-5-3-2-4-6-16)23(20)26-17-7-9-18(10-8-17)28(30)31/h2-12,15,21,23,25-26H,13-14H2,1H3/t21-,23-,25+/m1/s1. The van der Waals surface area contributed by atoms with E-state index in [4.69, 9.17) is 9.47 Å². The van der Waals surface area contributed by atoms with Crippen LogP contribution in [-0.4, -0.2) is 35.6 Å². The predicted octanol–water partition coefficient (Wildman–Crippen LogP) is 4.64. The lowest BCUT2D eigenvalue weighted by atomic mass is 9.87. The Bertz CT molecular complexity index is 1180. The molecule has 2 heterocycles. The number of likely N-dealkylation sites (tertiary alicyclic amines) is 1. The summed E-state index contributed by atoms with van der Waals surface area (Å²) in [6.45, 7) is 0.576. The van der Waals surface area contributed by atoms with Gasteiger partial charge >= 0.3 is 0 Å². The first-order chi connectivity index (χ1) is 16.0. The number of rotatable bonds is 5. The van der Waals surface area contributed by atoms with Crippen LogP contribution < -0.4 is 14.8 Å². The van der Waals surface area contributed by atoms with Crippen molar-refractivity contribution < 1.29 is 19.2 Å². The van der Waals surface area contributed by atoms with Crippen molar-refractivity contribution >= 4 is 17.3 Å². The van der Waals surface area contributed by atoms with Crippen molar-refractivity contribution in [1.29, 1.82) is 0 Å². The molecule has 1 fully saturated rings. The highest BCUT2D eigenvalue weighted by molar-refractivity contribution is 5.94. The molecule has 2 aliphatic rings. The number of fused-ring (bicyclic) bond motifs is 2. The second-order valence-corrected chi connectivity index (χ2v) is 8.16. The lowest BCUT2D eigenvalue weighted by molar-refractivity contribution is -0.384.